The van der Waals surface area contributed by atoms with Crippen molar-refractivity contribution < 1.29 is 9.59 Å². The second-order valence-corrected chi connectivity index (χ2v) is 8.84. The maximum atomic E-state index is 13.0. The van der Waals surface area contributed by atoms with Gasteiger partial charge in [0.1, 0.15) is 0 Å². The summed E-state index contributed by atoms with van der Waals surface area (Å²) in [5, 5.41) is 14.9. The minimum atomic E-state index is -0.545. The Kier molecular flexibility index (Phi) is 5.73. The molecule has 2 aromatic heterocycles. The minimum absolute atomic E-state index is 0.0602. The quantitative estimate of drug-likeness (QED) is 0.327. The maximum absolute atomic E-state index is 13.0. The van der Waals surface area contributed by atoms with Crippen LogP contribution in [0, 0.1) is 6.92 Å². The fourth-order valence-electron chi connectivity index (χ4n) is 3.99. The van der Waals surface area contributed by atoms with E-state index >= 15 is 0 Å². The highest BCUT2D eigenvalue weighted by atomic mass is 35.5. The molecule has 5 rings (SSSR count). The summed E-state index contributed by atoms with van der Waals surface area (Å²) in [7, 11) is 0. The first-order valence-electron chi connectivity index (χ1n) is 11.0. The fourth-order valence-corrected chi connectivity index (χ4v) is 4.16. The van der Waals surface area contributed by atoms with Crippen LogP contribution in [0.2, 0.25) is 5.02 Å². The van der Waals surface area contributed by atoms with E-state index in [9.17, 15) is 19.2 Å². The topological polar surface area (TPSA) is 142 Å². The number of hydrogen-bond donors (Lipinski definition) is 4. The van der Waals surface area contributed by atoms with Crippen molar-refractivity contribution in [2.24, 2.45) is 0 Å². The largest absolute Gasteiger partial charge is 0.343 e. The summed E-state index contributed by atoms with van der Waals surface area (Å²) in [6.45, 7) is 1.58. The van der Waals surface area contributed by atoms with Crippen LogP contribution >= 0.6 is 11.6 Å². The lowest BCUT2D eigenvalue weighted by molar-refractivity contribution is -0.115. The van der Waals surface area contributed by atoms with Crippen LogP contribution in [-0.2, 0) is 4.79 Å². The van der Waals surface area contributed by atoms with Gasteiger partial charge in [-0.1, -0.05) is 23.7 Å². The third-order valence-electron chi connectivity index (χ3n) is 5.92. The van der Waals surface area contributed by atoms with Gasteiger partial charge in [-0.15, -0.1) is 0 Å². The van der Waals surface area contributed by atoms with Crippen LogP contribution in [0.3, 0.4) is 0 Å². The predicted octanol–water partition coefficient (Wildman–Crippen LogP) is 2.61. The highest BCUT2D eigenvalue weighted by molar-refractivity contribution is 6.31. The van der Waals surface area contributed by atoms with E-state index in [2.05, 4.69) is 25.9 Å². The molecule has 0 aliphatic heterocycles. The Bertz CT molecular complexity index is 1600. The summed E-state index contributed by atoms with van der Waals surface area (Å²) >= 11 is 6.28. The van der Waals surface area contributed by atoms with Gasteiger partial charge in [0.25, 0.3) is 17.0 Å². The highest BCUT2D eigenvalue weighted by Gasteiger charge is 2.33. The molecule has 35 heavy (non-hydrogen) atoms. The molecule has 2 amide bonds. The van der Waals surface area contributed by atoms with Crippen molar-refractivity contribution in [3.8, 4) is 5.69 Å². The second-order valence-electron chi connectivity index (χ2n) is 8.43. The van der Waals surface area contributed by atoms with E-state index in [1.807, 2.05) is 25.1 Å². The zero-order valence-electron chi connectivity index (χ0n) is 18.6. The first-order valence-corrected chi connectivity index (χ1v) is 11.4. The molecule has 1 fully saturated rings. The molecule has 0 spiro atoms. The molecule has 178 valence electrons. The van der Waals surface area contributed by atoms with Gasteiger partial charge in [0.05, 0.1) is 46.1 Å². The third kappa shape index (κ3) is 4.35. The number of rotatable bonds is 6. The second kappa shape index (κ2) is 8.88. The standard InChI is InChI=1S/C24H21ClN6O4/c1-12-5-8-14(9-17(12)25)31-21(13-6-7-13)16(10-27-31)22(33)26-11-19(32)28-18-4-2-3-15-20(18)24(35)30-29-23(15)34/h2-5,8-10,13H,6-7,11H2,1H3,(H,26,33)(H,28,32)(H,29,34)(H,30,35). The number of hydrogen-bond acceptors (Lipinski definition) is 5. The summed E-state index contributed by atoms with van der Waals surface area (Å²) in [6, 6.07) is 10.1. The molecule has 0 unspecified atom stereocenters. The molecule has 0 saturated heterocycles. The van der Waals surface area contributed by atoms with Gasteiger partial charge in [-0.2, -0.15) is 5.10 Å². The first kappa shape index (κ1) is 22.6. The van der Waals surface area contributed by atoms with E-state index in [1.54, 1.807) is 10.7 Å². The first-order chi connectivity index (χ1) is 16.8. The van der Waals surface area contributed by atoms with Crippen molar-refractivity contribution in [1.82, 2.24) is 25.3 Å². The van der Waals surface area contributed by atoms with Crippen molar-refractivity contribution in [1.29, 1.82) is 0 Å². The Morgan fingerprint density at radius 3 is 2.66 bits per heavy atom. The number of fused-ring (bicyclic) bond motifs is 1. The number of benzene rings is 2. The van der Waals surface area contributed by atoms with Crippen molar-refractivity contribution in [3.63, 3.8) is 0 Å². The Labute approximate surface area is 203 Å². The number of anilines is 1. The number of nitrogens with zero attached hydrogens (tertiary/aromatic N) is 2. The van der Waals surface area contributed by atoms with Crippen LogP contribution in [0.4, 0.5) is 5.69 Å². The minimum Gasteiger partial charge on any atom is -0.343 e. The summed E-state index contributed by atoms with van der Waals surface area (Å²) in [4.78, 5) is 49.7. The Morgan fingerprint density at radius 1 is 1.14 bits per heavy atom. The summed E-state index contributed by atoms with van der Waals surface area (Å²) < 4.78 is 1.72. The molecular formula is C24H21ClN6O4. The van der Waals surface area contributed by atoms with E-state index < -0.39 is 22.9 Å². The van der Waals surface area contributed by atoms with E-state index in [-0.39, 0.29) is 28.9 Å². The van der Waals surface area contributed by atoms with Crippen molar-refractivity contribution >= 4 is 39.9 Å². The zero-order chi connectivity index (χ0) is 24.7. The highest BCUT2D eigenvalue weighted by Crippen LogP contribution is 2.42. The van der Waals surface area contributed by atoms with Gasteiger partial charge in [-0.05, 0) is 49.6 Å². The number of aromatic nitrogens is 4. The molecule has 0 bridgehead atoms. The van der Waals surface area contributed by atoms with Gasteiger partial charge in [-0.3, -0.25) is 29.4 Å². The lowest BCUT2D eigenvalue weighted by Gasteiger charge is -2.11. The van der Waals surface area contributed by atoms with Gasteiger partial charge in [-0.25, -0.2) is 4.68 Å². The SMILES string of the molecule is Cc1ccc(-n2ncc(C(=O)NCC(=O)Nc3cccc4c(=O)[nH][nH]c(=O)c34)c2C2CC2)cc1Cl. The van der Waals surface area contributed by atoms with Crippen LogP contribution in [0.5, 0.6) is 0 Å². The Hall–Kier alpha value is -4.18. The van der Waals surface area contributed by atoms with Gasteiger partial charge >= 0.3 is 0 Å². The van der Waals surface area contributed by atoms with Gasteiger partial charge < -0.3 is 10.6 Å². The number of carbonyl (C=O) groups excluding carboxylic acids is 2. The Balaban J connectivity index is 1.34. The molecule has 1 aliphatic rings. The number of aryl methyl sites for hydroxylation is 1. The van der Waals surface area contributed by atoms with E-state index in [1.165, 1.54) is 18.3 Å². The maximum Gasteiger partial charge on any atom is 0.272 e. The number of carbonyl (C=O) groups is 2. The van der Waals surface area contributed by atoms with Crippen molar-refractivity contribution in [2.75, 3.05) is 11.9 Å². The average Bonchev–Trinajstić information content (AvgIpc) is 3.59. The lowest BCUT2D eigenvalue weighted by Crippen LogP contribution is -2.33. The molecular weight excluding hydrogens is 472 g/mol. The molecule has 11 heteroatoms. The van der Waals surface area contributed by atoms with Gasteiger partial charge in [0, 0.05) is 10.9 Å². The molecule has 2 heterocycles. The predicted molar refractivity (Wildman–Crippen MR) is 131 cm³/mol. The number of H-pyrrole nitrogens is 2. The van der Waals surface area contributed by atoms with Crippen LogP contribution < -0.4 is 21.8 Å². The van der Waals surface area contributed by atoms with Crippen LogP contribution in [0.25, 0.3) is 16.5 Å². The smallest absolute Gasteiger partial charge is 0.272 e. The molecule has 10 nitrogen and oxygen atoms in total. The fraction of sp³-hybridized carbons (Fsp3) is 0.208. The molecule has 0 atom stereocenters. The van der Waals surface area contributed by atoms with E-state index in [0.29, 0.717) is 10.6 Å². The van der Waals surface area contributed by atoms with Crippen LogP contribution in [-0.4, -0.2) is 38.3 Å². The van der Waals surface area contributed by atoms with Crippen molar-refractivity contribution in [2.45, 2.75) is 25.7 Å². The number of aromatic amines is 2. The molecule has 4 aromatic rings. The molecule has 1 saturated carbocycles. The number of halogens is 1. The zero-order valence-corrected chi connectivity index (χ0v) is 19.4. The van der Waals surface area contributed by atoms with Crippen LogP contribution in [0.1, 0.15) is 40.4 Å². The number of nitrogens with one attached hydrogen (secondary N) is 4. The average molecular weight is 493 g/mol. The van der Waals surface area contributed by atoms with Gasteiger partial charge in [0.2, 0.25) is 5.91 Å². The normalized spacial score (nSPS) is 13.1. The van der Waals surface area contributed by atoms with Crippen molar-refractivity contribution in [3.05, 3.63) is 85.1 Å². The molecule has 1 aliphatic carbocycles. The van der Waals surface area contributed by atoms with E-state index in [4.69, 9.17) is 11.6 Å². The van der Waals surface area contributed by atoms with E-state index in [0.717, 1.165) is 29.8 Å². The third-order valence-corrected chi connectivity index (χ3v) is 6.33. The van der Waals surface area contributed by atoms with Gasteiger partial charge in [0.15, 0.2) is 0 Å². The summed E-state index contributed by atoms with van der Waals surface area (Å²) in [5.74, 6) is -0.775. The molecule has 0 radical (unpaired) electrons. The lowest BCUT2D eigenvalue weighted by atomic mass is 10.1. The molecule has 4 N–H and O–H groups in total. The molecule has 2 aromatic carbocycles. The summed E-state index contributed by atoms with van der Waals surface area (Å²) in [5.41, 5.74) is 2.03. The Morgan fingerprint density at radius 2 is 1.91 bits per heavy atom. The van der Waals surface area contributed by atoms with Crippen LogP contribution in [0.15, 0.2) is 52.2 Å². The summed E-state index contributed by atoms with van der Waals surface area (Å²) in [6.07, 6.45) is 3.38. The monoisotopic (exact) mass is 492 g/mol. The number of amides is 2.